The fraction of sp³-hybridized carbons (Fsp3) is 0.519. The van der Waals surface area contributed by atoms with Crippen LogP contribution in [0.5, 0.6) is 0 Å². The number of nitriles is 1. The first-order chi connectivity index (χ1) is 16.2. The third kappa shape index (κ3) is 4.89. The van der Waals surface area contributed by atoms with Crippen molar-refractivity contribution >= 4 is 16.9 Å². The summed E-state index contributed by atoms with van der Waals surface area (Å²) >= 11 is 0. The number of fused-ring (bicyclic) bond motifs is 1. The molecule has 0 saturated carbocycles. The van der Waals surface area contributed by atoms with Crippen LogP contribution in [0.2, 0.25) is 0 Å². The summed E-state index contributed by atoms with van der Waals surface area (Å²) in [4.78, 5) is 7.55. The molecule has 0 aliphatic carbocycles. The molecule has 6 heteroatoms. The average molecular weight is 444 g/mol. The summed E-state index contributed by atoms with van der Waals surface area (Å²) < 4.78 is 8.23. The molecule has 0 unspecified atom stereocenters. The number of ether oxygens (including phenoxy) is 1. The Labute approximate surface area is 196 Å². The molecule has 6 nitrogen and oxygen atoms in total. The van der Waals surface area contributed by atoms with Crippen molar-refractivity contribution < 1.29 is 4.74 Å². The standard InChI is InChI=1S/C27H33N5O/c1-20-11-13-31(14-12-20)27-24(22-9-7-21(17-28)8-10-22)16-26-25(30-27)18-29-32(26)19-23-6-4-2-3-5-15-33-23/h7-10,16,18,20,23H,2-6,11-15,19H2,1H3/t23-/m1/s1. The Balaban J connectivity index is 1.52. The number of benzene rings is 1. The van der Waals surface area contributed by atoms with Crippen LogP contribution in [0, 0.1) is 17.2 Å². The monoisotopic (exact) mass is 443 g/mol. The number of hydrogen-bond donors (Lipinski definition) is 0. The summed E-state index contributed by atoms with van der Waals surface area (Å²) in [7, 11) is 0. The zero-order valence-electron chi connectivity index (χ0n) is 19.5. The van der Waals surface area contributed by atoms with Crippen LogP contribution in [0.3, 0.4) is 0 Å². The fourth-order valence-corrected chi connectivity index (χ4v) is 5.04. The number of anilines is 1. The zero-order valence-corrected chi connectivity index (χ0v) is 19.5. The molecule has 2 fully saturated rings. The second kappa shape index (κ2) is 9.93. The van der Waals surface area contributed by atoms with Gasteiger partial charge < -0.3 is 9.64 Å². The third-order valence-corrected chi connectivity index (χ3v) is 7.17. The molecular formula is C27H33N5O. The molecule has 172 valence electrons. The van der Waals surface area contributed by atoms with E-state index in [1.54, 1.807) is 0 Å². The van der Waals surface area contributed by atoms with E-state index in [-0.39, 0.29) is 6.10 Å². The van der Waals surface area contributed by atoms with Crippen molar-refractivity contribution in [3.8, 4) is 17.2 Å². The van der Waals surface area contributed by atoms with E-state index >= 15 is 0 Å². The first-order valence-corrected chi connectivity index (χ1v) is 12.4. The molecule has 0 N–H and O–H groups in total. The molecule has 33 heavy (non-hydrogen) atoms. The number of aromatic nitrogens is 3. The van der Waals surface area contributed by atoms with Crippen molar-refractivity contribution in [1.29, 1.82) is 5.26 Å². The van der Waals surface area contributed by atoms with E-state index in [1.165, 1.54) is 32.1 Å². The Morgan fingerprint density at radius 3 is 2.64 bits per heavy atom. The molecule has 4 heterocycles. The minimum Gasteiger partial charge on any atom is -0.376 e. The van der Waals surface area contributed by atoms with Crippen molar-refractivity contribution in [2.24, 2.45) is 5.92 Å². The largest absolute Gasteiger partial charge is 0.376 e. The number of pyridine rings is 1. The van der Waals surface area contributed by atoms with E-state index < -0.39 is 0 Å². The van der Waals surface area contributed by atoms with Gasteiger partial charge in [0.15, 0.2) is 0 Å². The Kier molecular flexibility index (Phi) is 6.59. The average Bonchev–Trinajstić information content (AvgIpc) is 3.22. The van der Waals surface area contributed by atoms with E-state index in [1.807, 2.05) is 30.5 Å². The first kappa shape index (κ1) is 21.9. The van der Waals surface area contributed by atoms with Crippen LogP contribution in [0.1, 0.15) is 57.4 Å². The number of rotatable bonds is 4. The SMILES string of the molecule is CC1CCN(c2nc3cnn(C[C@H]4CCCCCCO4)c3cc2-c2ccc(C#N)cc2)CC1. The lowest BCUT2D eigenvalue weighted by Crippen LogP contribution is -2.33. The molecule has 1 aromatic carbocycles. The van der Waals surface area contributed by atoms with Gasteiger partial charge in [0.05, 0.1) is 36.0 Å². The maximum atomic E-state index is 9.23. The highest BCUT2D eigenvalue weighted by molar-refractivity contribution is 5.88. The highest BCUT2D eigenvalue weighted by atomic mass is 16.5. The van der Waals surface area contributed by atoms with E-state index in [4.69, 9.17) is 14.8 Å². The first-order valence-electron chi connectivity index (χ1n) is 12.4. The lowest BCUT2D eigenvalue weighted by Gasteiger charge is -2.32. The maximum Gasteiger partial charge on any atom is 0.137 e. The van der Waals surface area contributed by atoms with Gasteiger partial charge in [0.2, 0.25) is 0 Å². The van der Waals surface area contributed by atoms with Crippen LogP contribution in [0.15, 0.2) is 36.5 Å². The lowest BCUT2D eigenvalue weighted by molar-refractivity contribution is 0.0233. The Morgan fingerprint density at radius 1 is 1.06 bits per heavy atom. The molecule has 2 aliphatic rings. The van der Waals surface area contributed by atoms with Crippen molar-refractivity contribution in [3.05, 3.63) is 42.1 Å². The summed E-state index contributed by atoms with van der Waals surface area (Å²) in [5.41, 5.74) is 4.86. The quantitative estimate of drug-likeness (QED) is 0.528. The summed E-state index contributed by atoms with van der Waals surface area (Å²) in [6, 6.07) is 12.3. The smallest absolute Gasteiger partial charge is 0.137 e. The lowest BCUT2D eigenvalue weighted by atomic mass is 9.97. The van der Waals surface area contributed by atoms with Crippen LogP contribution in [-0.4, -0.2) is 40.6 Å². The summed E-state index contributed by atoms with van der Waals surface area (Å²) in [5.74, 6) is 1.79. The third-order valence-electron chi connectivity index (χ3n) is 7.17. The summed E-state index contributed by atoms with van der Waals surface area (Å²) in [6.07, 6.45) is 10.5. The van der Waals surface area contributed by atoms with Gasteiger partial charge in [0.25, 0.3) is 0 Å². The van der Waals surface area contributed by atoms with Crippen LogP contribution in [-0.2, 0) is 11.3 Å². The van der Waals surface area contributed by atoms with Gasteiger partial charge in [-0.15, -0.1) is 0 Å². The van der Waals surface area contributed by atoms with E-state index in [0.29, 0.717) is 5.56 Å². The van der Waals surface area contributed by atoms with Crippen molar-refractivity contribution in [3.63, 3.8) is 0 Å². The van der Waals surface area contributed by atoms with E-state index in [0.717, 1.165) is 73.0 Å². The van der Waals surface area contributed by atoms with Gasteiger partial charge in [-0.1, -0.05) is 38.3 Å². The van der Waals surface area contributed by atoms with Gasteiger partial charge in [-0.25, -0.2) is 4.98 Å². The van der Waals surface area contributed by atoms with E-state index in [2.05, 4.69) is 28.6 Å². The molecule has 1 atom stereocenters. The van der Waals surface area contributed by atoms with Crippen molar-refractivity contribution in [1.82, 2.24) is 14.8 Å². The fourth-order valence-electron chi connectivity index (χ4n) is 5.04. The zero-order chi connectivity index (χ0) is 22.6. The van der Waals surface area contributed by atoms with Crippen LogP contribution < -0.4 is 4.90 Å². The molecule has 0 spiro atoms. The topological polar surface area (TPSA) is 67.0 Å². The summed E-state index contributed by atoms with van der Waals surface area (Å²) in [6.45, 7) is 5.98. The number of nitrogens with zero attached hydrogens (tertiary/aromatic N) is 5. The minimum atomic E-state index is 0.204. The van der Waals surface area contributed by atoms with Gasteiger partial charge >= 0.3 is 0 Å². The number of piperidine rings is 1. The predicted octanol–water partition coefficient (Wildman–Crippen LogP) is 5.56. The predicted molar refractivity (Wildman–Crippen MR) is 131 cm³/mol. The van der Waals surface area contributed by atoms with Crippen LogP contribution >= 0.6 is 0 Å². The van der Waals surface area contributed by atoms with Gasteiger partial charge in [-0.3, -0.25) is 4.68 Å². The normalized spacial score (nSPS) is 20.4. The van der Waals surface area contributed by atoms with E-state index in [9.17, 15) is 5.26 Å². The van der Waals surface area contributed by atoms with Gasteiger partial charge in [0.1, 0.15) is 11.3 Å². The molecule has 0 amide bonds. The second-order valence-corrected chi connectivity index (χ2v) is 9.64. The maximum absolute atomic E-state index is 9.23. The molecule has 0 bridgehead atoms. The molecular weight excluding hydrogens is 410 g/mol. The molecule has 5 rings (SSSR count). The van der Waals surface area contributed by atoms with Gasteiger partial charge in [-0.2, -0.15) is 10.4 Å². The molecule has 2 aromatic heterocycles. The minimum absolute atomic E-state index is 0.204. The molecule has 2 saturated heterocycles. The Morgan fingerprint density at radius 2 is 1.85 bits per heavy atom. The molecule has 2 aliphatic heterocycles. The van der Waals surface area contributed by atoms with Crippen molar-refractivity contribution in [2.75, 3.05) is 24.6 Å². The Bertz CT molecular complexity index is 1110. The molecule has 0 radical (unpaired) electrons. The highest BCUT2D eigenvalue weighted by Gasteiger charge is 2.23. The summed E-state index contributed by atoms with van der Waals surface area (Å²) in [5, 5.41) is 13.9. The van der Waals surface area contributed by atoms with Gasteiger partial charge in [0, 0.05) is 25.3 Å². The van der Waals surface area contributed by atoms with Crippen LogP contribution in [0.4, 0.5) is 5.82 Å². The van der Waals surface area contributed by atoms with Crippen LogP contribution in [0.25, 0.3) is 22.2 Å². The molecule has 3 aromatic rings. The highest BCUT2D eigenvalue weighted by Crippen LogP contribution is 2.35. The van der Waals surface area contributed by atoms with Gasteiger partial charge in [-0.05, 0) is 55.4 Å². The number of hydrogen-bond acceptors (Lipinski definition) is 5. The van der Waals surface area contributed by atoms with Crippen molar-refractivity contribution in [2.45, 2.75) is 64.5 Å². The Hall–Kier alpha value is -2.91. The second-order valence-electron chi connectivity index (χ2n) is 9.64.